The van der Waals surface area contributed by atoms with Crippen LogP contribution in [0, 0.1) is 4.77 Å². The van der Waals surface area contributed by atoms with Crippen molar-refractivity contribution in [2.75, 3.05) is 6.54 Å². The number of halogens is 1. The molecule has 1 aromatic carbocycles. The number of nitrogens with one attached hydrogen (secondary N) is 2. The van der Waals surface area contributed by atoms with E-state index in [-0.39, 0.29) is 11.7 Å². The number of phenolic OH excluding ortho intramolecular Hbond substituents is 1. The van der Waals surface area contributed by atoms with Crippen LogP contribution in [0.4, 0.5) is 0 Å². The zero-order valence-corrected chi connectivity index (χ0v) is 13.1. The molecule has 1 aromatic heterocycles. The molecule has 1 heterocycles. The summed E-state index contributed by atoms with van der Waals surface area (Å²) >= 11 is 8.17. The molecule has 0 atom stereocenters. The number of aromatic amines is 1. The number of carbonyl (C=O) groups excluding carboxylic acids is 1. The van der Waals surface area contributed by atoms with Crippen molar-refractivity contribution in [3.8, 4) is 5.75 Å². The third-order valence-corrected chi connectivity index (χ3v) is 3.85. The largest absolute Gasteiger partial charge is 0.507 e. The number of aromatic hydroxyl groups is 1. The summed E-state index contributed by atoms with van der Waals surface area (Å²) in [4.78, 5) is 11.9. The number of aromatic nitrogens is 3. The summed E-state index contributed by atoms with van der Waals surface area (Å²) in [6.07, 6.45) is 0.567. The highest BCUT2D eigenvalue weighted by Crippen LogP contribution is 2.24. The molecule has 106 valence electrons. The number of hydrogen-bond donors (Lipinski definition) is 3. The molecule has 0 radical (unpaired) electrons. The first kappa shape index (κ1) is 14.7. The topological polar surface area (TPSA) is 82.9 Å². The highest BCUT2D eigenvalue weighted by molar-refractivity contribution is 9.10. The lowest BCUT2D eigenvalue weighted by atomic mass is 10.2. The quantitative estimate of drug-likeness (QED) is 0.730. The number of phenols is 1. The Bertz CT molecular complexity index is 695. The molecule has 0 spiro atoms. The molecular formula is C12H13BrN4O2S. The number of rotatable bonds is 4. The molecule has 6 nitrogen and oxygen atoms in total. The average molecular weight is 357 g/mol. The van der Waals surface area contributed by atoms with Crippen molar-refractivity contribution in [1.29, 1.82) is 0 Å². The molecule has 0 saturated heterocycles. The van der Waals surface area contributed by atoms with Crippen LogP contribution in [0.15, 0.2) is 22.7 Å². The predicted octanol–water partition coefficient (Wildman–Crippen LogP) is 1.92. The second-order valence-corrected chi connectivity index (χ2v) is 5.42. The molecular weight excluding hydrogens is 344 g/mol. The van der Waals surface area contributed by atoms with E-state index in [0.717, 1.165) is 5.82 Å². The fourth-order valence-corrected chi connectivity index (χ4v) is 2.04. The Morgan fingerprint density at radius 3 is 2.95 bits per heavy atom. The SMILES string of the molecule is Cn1c(CCNC(=O)c2ccc(Br)c(O)c2)n[nH]c1=S. The Balaban J connectivity index is 1.94. The Labute approximate surface area is 129 Å². The molecule has 0 fully saturated rings. The summed E-state index contributed by atoms with van der Waals surface area (Å²) in [5.74, 6) is 0.561. The number of H-pyrrole nitrogens is 1. The summed E-state index contributed by atoms with van der Waals surface area (Å²) in [6.45, 7) is 0.434. The summed E-state index contributed by atoms with van der Waals surface area (Å²) in [5, 5.41) is 19.0. The first-order valence-electron chi connectivity index (χ1n) is 5.86. The number of benzene rings is 1. The maximum Gasteiger partial charge on any atom is 0.251 e. The minimum atomic E-state index is -0.246. The molecule has 20 heavy (non-hydrogen) atoms. The highest BCUT2D eigenvalue weighted by Gasteiger charge is 2.08. The van der Waals surface area contributed by atoms with Gasteiger partial charge in [0.05, 0.1) is 4.47 Å². The minimum Gasteiger partial charge on any atom is -0.507 e. The molecule has 0 aliphatic carbocycles. The number of carbonyl (C=O) groups is 1. The Hall–Kier alpha value is -1.67. The van der Waals surface area contributed by atoms with Gasteiger partial charge in [-0.15, -0.1) is 0 Å². The molecule has 8 heteroatoms. The van der Waals surface area contributed by atoms with Gasteiger partial charge in [-0.1, -0.05) is 0 Å². The van der Waals surface area contributed by atoms with Crippen LogP contribution < -0.4 is 5.32 Å². The first-order chi connectivity index (χ1) is 9.49. The molecule has 3 N–H and O–H groups in total. The monoisotopic (exact) mass is 356 g/mol. The van der Waals surface area contributed by atoms with Crippen LogP contribution in [0.25, 0.3) is 0 Å². The van der Waals surface area contributed by atoms with Gasteiger partial charge < -0.3 is 15.0 Å². The second-order valence-electron chi connectivity index (χ2n) is 4.18. The number of hydrogen-bond acceptors (Lipinski definition) is 4. The van der Waals surface area contributed by atoms with Crippen molar-refractivity contribution in [3.63, 3.8) is 0 Å². The lowest BCUT2D eigenvalue weighted by Gasteiger charge is -2.06. The van der Waals surface area contributed by atoms with E-state index in [2.05, 4.69) is 31.4 Å². The van der Waals surface area contributed by atoms with Crippen molar-refractivity contribution < 1.29 is 9.90 Å². The van der Waals surface area contributed by atoms with E-state index < -0.39 is 0 Å². The normalized spacial score (nSPS) is 10.5. The van der Waals surface area contributed by atoms with Gasteiger partial charge in [-0.05, 0) is 46.3 Å². The zero-order valence-electron chi connectivity index (χ0n) is 10.7. The Morgan fingerprint density at radius 2 is 2.35 bits per heavy atom. The predicted molar refractivity (Wildman–Crippen MR) is 80.2 cm³/mol. The highest BCUT2D eigenvalue weighted by atomic mass is 79.9. The van der Waals surface area contributed by atoms with Gasteiger partial charge in [0.1, 0.15) is 11.6 Å². The molecule has 2 rings (SSSR count). The Kier molecular flexibility index (Phi) is 4.56. The molecule has 0 saturated carbocycles. The van der Waals surface area contributed by atoms with Crippen LogP contribution in [0.5, 0.6) is 5.75 Å². The van der Waals surface area contributed by atoms with Gasteiger partial charge in [0.2, 0.25) is 0 Å². The molecule has 0 bridgehead atoms. The lowest BCUT2D eigenvalue weighted by Crippen LogP contribution is -2.26. The van der Waals surface area contributed by atoms with Crippen LogP contribution in [0.3, 0.4) is 0 Å². The van der Waals surface area contributed by atoms with Crippen molar-refractivity contribution in [2.24, 2.45) is 7.05 Å². The molecule has 0 unspecified atom stereocenters. The van der Waals surface area contributed by atoms with Crippen LogP contribution in [-0.4, -0.2) is 32.3 Å². The smallest absolute Gasteiger partial charge is 0.251 e. The van der Waals surface area contributed by atoms with Crippen LogP contribution >= 0.6 is 28.1 Å². The van der Waals surface area contributed by atoms with Crippen LogP contribution in [0.1, 0.15) is 16.2 Å². The van der Waals surface area contributed by atoms with Gasteiger partial charge in [0, 0.05) is 25.6 Å². The molecule has 2 aromatic rings. The minimum absolute atomic E-state index is 0.0344. The van der Waals surface area contributed by atoms with E-state index in [9.17, 15) is 9.90 Å². The van der Waals surface area contributed by atoms with E-state index >= 15 is 0 Å². The summed E-state index contributed by atoms with van der Waals surface area (Å²) in [7, 11) is 1.82. The van der Waals surface area contributed by atoms with Crippen molar-refractivity contribution in [2.45, 2.75) is 6.42 Å². The Morgan fingerprint density at radius 1 is 1.60 bits per heavy atom. The number of nitrogens with zero attached hydrogens (tertiary/aromatic N) is 2. The fraction of sp³-hybridized carbons (Fsp3) is 0.250. The van der Waals surface area contributed by atoms with Gasteiger partial charge in [-0.25, -0.2) is 0 Å². The number of amides is 1. The first-order valence-corrected chi connectivity index (χ1v) is 7.06. The van der Waals surface area contributed by atoms with Gasteiger partial charge >= 0.3 is 0 Å². The lowest BCUT2D eigenvalue weighted by molar-refractivity contribution is 0.0953. The molecule has 0 aliphatic rings. The van der Waals surface area contributed by atoms with Crippen LogP contribution in [-0.2, 0) is 13.5 Å². The second kappa shape index (κ2) is 6.19. The van der Waals surface area contributed by atoms with E-state index in [0.29, 0.717) is 27.8 Å². The summed E-state index contributed by atoms with van der Waals surface area (Å²) in [6, 6.07) is 4.67. The maximum absolute atomic E-state index is 11.9. The van der Waals surface area contributed by atoms with Gasteiger partial charge in [-0.3, -0.25) is 9.89 Å². The molecule has 0 aliphatic heterocycles. The van der Waals surface area contributed by atoms with Gasteiger partial charge in [-0.2, -0.15) is 5.10 Å². The van der Waals surface area contributed by atoms with Crippen molar-refractivity contribution in [3.05, 3.63) is 38.8 Å². The van der Waals surface area contributed by atoms with E-state index in [4.69, 9.17) is 12.2 Å². The van der Waals surface area contributed by atoms with Gasteiger partial charge in [0.15, 0.2) is 4.77 Å². The van der Waals surface area contributed by atoms with E-state index in [1.54, 1.807) is 16.7 Å². The van der Waals surface area contributed by atoms with Crippen LogP contribution in [0.2, 0.25) is 0 Å². The van der Waals surface area contributed by atoms with E-state index in [1.165, 1.54) is 6.07 Å². The average Bonchev–Trinajstić information content (AvgIpc) is 2.73. The maximum atomic E-state index is 11.9. The fourth-order valence-electron chi connectivity index (χ4n) is 1.65. The summed E-state index contributed by atoms with van der Waals surface area (Å²) in [5.41, 5.74) is 0.404. The van der Waals surface area contributed by atoms with Crippen molar-refractivity contribution >= 4 is 34.1 Å². The van der Waals surface area contributed by atoms with E-state index in [1.807, 2.05) is 7.05 Å². The standard InChI is InChI=1S/C12H13BrN4O2S/c1-17-10(15-16-12(17)20)4-5-14-11(19)7-2-3-8(13)9(18)6-7/h2-3,6,18H,4-5H2,1H3,(H,14,19)(H,16,20). The molecule has 1 amide bonds. The van der Waals surface area contributed by atoms with Gasteiger partial charge in [0.25, 0.3) is 5.91 Å². The third-order valence-electron chi connectivity index (χ3n) is 2.81. The summed E-state index contributed by atoms with van der Waals surface area (Å²) < 4.78 is 2.85. The van der Waals surface area contributed by atoms with Crippen molar-refractivity contribution in [1.82, 2.24) is 20.1 Å². The third kappa shape index (κ3) is 3.26. The zero-order chi connectivity index (χ0) is 14.7.